The standard InChI is InChI=1S/C13H19N5O/c19-13(12-15-11(16-17-12)9-1-2-9)14-10-7-18-5-3-8(10)4-6-18/h8-10H,1-7H2,(H,14,19)(H,15,16,17). The maximum atomic E-state index is 12.2. The van der Waals surface area contributed by atoms with Crippen LogP contribution in [0.1, 0.15) is 48.0 Å². The van der Waals surface area contributed by atoms with Gasteiger partial charge in [-0.3, -0.25) is 9.89 Å². The van der Waals surface area contributed by atoms with E-state index in [0.717, 1.165) is 25.2 Å². The van der Waals surface area contributed by atoms with E-state index in [4.69, 9.17) is 0 Å². The Morgan fingerprint density at radius 1 is 1.26 bits per heavy atom. The van der Waals surface area contributed by atoms with Crippen molar-refractivity contribution in [1.82, 2.24) is 25.4 Å². The molecule has 1 aliphatic carbocycles. The Bertz CT molecular complexity index is 487. The normalized spacial score (nSPS) is 33.4. The van der Waals surface area contributed by atoms with Gasteiger partial charge in [0, 0.05) is 18.5 Å². The summed E-state index contributed by atoms with van der Waals surface area (Å²) in [5.41, 5.74) is 0. The summed E-state index contributed by atoms with van der Waals surface area (Å²) in [4.78, 5) is 18.9. The second kappa shape index (κ2) is 4.30. The highest BCUT2D eigenvalue weighted by Crippen LogP contribution is 2.37. The Balaban J connectivity index is 1.42. The fourth-order valence-corrected chi connectivity index (χ4v) is 3.28. The highest BCUT2D eigenvalue weighted by atomic mass is 16.2. The van der Waals surface area contributed by atoms with Gasteiger partial charge in [0.25, 0.3) is 5.91 Å². The summed E-state index contributed by atoms with van der Waals surface area (Å²) < 4.78 is 0. The first-order valence-corrected chi connectivity index (χ1v) is 7.25. The zero-order valence-corrected chi connectivity index (χ0v) is 10.9. The SMILES string of the molecule is O=C(NC1CN2CCC1CC2)c1n[nH]c(C2CC2)n1. The molecule has 102 valence electrons. The molecular weight excluding hydrogens is 242 g/mol. The molecule has 1 saturated carbocycles. The third-order valence-electron chi connectivity index (χ3n) is 4.64. The molecule has 5 rings (SSSR count). The Labute approximate surface area is 112 Å². The van der Waals surface area contributed by atoms with Crippen molar-refractivity contribution in [3.63, 3.8) is 0 Å². The van der Waals surface area contributed by atoms with E-state index in [1.807, 2.05) is 0 Å². The minimum absolute atomic E-state index is 0.123. The molecule has 0 aromatic carbocycles. The van der Waals surface area contributed by atoms with Crippen LogP contribution in [0.2, 0.25) is 0 Å². The van der Waals surface area contributed by atoms with E-state index in [1.54, 1.807) is 0 Å². The molecule has 3 saturated heterocycles. The lowest BCUT2D eigenvalue weighted by Gasteiger charge is -2.44. The van der Waals surface area contributed by atoms with E-state index in [1.165, 1.54) is 25.9 Å². The number of nitrogens with zero attached hydrogens (tertiary/aromatic N) is 3. The molecule has 2 N–H and O–H groups in total. The van der Waals surface area contributed by atoms with Gasteiger partial charge >= 0.3 is 0 Å². The number of nitrogens with one attached hydrogen (secondary N) is 2. The summed E-state index contributed by atoms with van der Waals surface area (Å²) in [6.45, 7) is 3.35. The molecule has 4 aliphatic rings. The fourth-order valence-electron chi connectivity index (χ4n) is 3.28. The predicted octanol–water partition coefficient (Wildman–Crippen LogP) is 0.506. The fraction of sp³-hybridized carbons (Fsp3) is 0.769. The summed E-state index contributed by atoms with van der Waals surface area (Å²) in [5.74, 6) is 2.20. The lowest BCUT2D eigenvalue weighted by Crippen LogP contribution is -2.57. The average molecular weight is 261 g/mol. The smallest absolute Gasteiger partial charge is 0.291 e. The number of carbonyl (C=O) groups is 1. The van der Waals surface area contributed by atoms with Crippen LogP contribution in [0.4, 0.5) is 0 Å². The second-order valence-corrected chi connectivity index (χ2v) is 6.04. The van der Waals surface area contributed by atoms with Crippen molar-refractivity contribution in [3.05, 3.63) is 11.6 Å². The topological polar surface area (TPSA) is 73.9 Å². The van der Waals surface area contributed by atoms with Crippen LogP contribution in [0, 0.1) is 5.92 Å². The summed E-state index contributed by atoms with van der Waals surface area (Å²) in [7, 11) is 0. The van der Waals surface area contributed by atoms with Gasteiger partial charge in [0.2, 0.25) is 5.82 Å². The quantitative estimate of drug-likeness (QED) is 0.831. The van der Waals surface area contributed by atoms with Crippen molar-refractivity contribution >= 4 is 5.91 Å². The van der Waals surface area contributed by atoms with Gasteiger partial charge in [0.1, 0.15) is 5.82 Å². The van der Waals surface area contributed by atoms with E-state index in [9.17, 15) is 4.79 Å². The first-order valence-electron chi connectivity index (χ1n) is 7.25. The molecule has 3 aliphatic heterocycles. The van der Waals surface area contributed by atoms with Crippen molar-refractivity contribution in [2.24, 2.45) is 5.92 Å². The van der Waals surface area contributed by atoms with Crippen LogP contribution >= 0.6 is 0 Å². The van der Waals surface area contributed by atoms with Crippen molar-refractivity contribution in [2.45, 2.75) is 37.6 Å². The number of fused-ring (bicyclic) bond motifs is 3. The van der Waals surface area contributed by atoms with E-state index in [0.29, 0.717) is 17.7 Å². The maximum absolute atomic E-state index is 12.2. The molecule has 1 atom stereocenters. The Morgan fingerprint density at radius 3 is 2.68 bits per heavy atom. The molecule has 2 bridgehead atoms. The Kier molecular flexibility index (Phi) is 2.58. The largest absolute Gasteiger partial charge is 0.345 e. The van der Waals surface area contributed by atoms with Gasteiger partial charge < -0.3 is 10.2 Å². The minimum atomic E-state index is -0.123. The number of piperidine rings is 3. The van der Waals surface area contributed by atoms with Crippen LogP contribution in [0.15, 0.2) is 0 Å². The van der Waals surface area contributed by atoms with Crippen LogP contribution < -0.4 is 5.32 Å². The monoisotopic (exact) mass is 261 g/mol. The zero-order valence-electron chi connectivity index (χ0n) is 10.9. The summed E-state index contributed by atoms with van der Waals surface area (Å²) in [5, 5.41) is 10.0. The third kappa shape index (κ3) is 2.14. The van der Waals surface area contributed by atoms with Crippen LogP contribution in [-0.4, -0.2) is 51.7 Å². The Hall–Kier alpha value is -1.43. The summed E-state index contributed by atoms with van der Waals surface area (Å²) >= 11 is 0. The van der Waals surface area contributed by atoms with Crippen LogP contribution in [0.3, 0.4) is 0 Å². The molecule has 1 unspecified atom stereocenters. The van der Waals surface area contributed by atoms with Gasteiger partial charge in [-0.1, -0.05) is 0 Å². The summed E-state index contributed by atoms with van der Waals surface area (Å²) in [6.07, 6.45) is 4.73. The molecule has 4 heterocycles. The van der Waals surface area contributed by atoms with Crippen molar-refractivity contribution in [3.8, 4) is 0 Å². The van der Waals surface area contributed by atoms with Gasteiger partial charge in [0.05, 0.1) is 0 Å². The molecule has 0 radical (unpaired) electrons. The van der Waals surface area contributed by atoms with Gasteiger partial charge in [-0.15, -0.1) is 5.10 Å². The molecule has 6 heteroatoms. The number of hydrogen-bond acceptors (Lipinski definition) is 4. The number of rotatable bonds is 3. The van der Waals surface area contributed by atoms with Crippen LogP contribution in [0.5, 0.6) is 0 Å². The van der Waals surface area contributed by atoms with Crippen molar-refractivity contribution < 1.29 is 4.79 Å². The first-order chi connectivity index (χ1) is 9.29. The maximum Gasteiger partial charge on any atom is 0.291 e. The van der Waals surface area contributed by atoms with Crippen molar-refractivity contribution in [2.75, 3.05) is 19.6 Å². The van der Waals surface area contributed by atoms with E-state index < -0.39 is 0 Å². The number of aromatic amines is 1. The zero-order chi connectivity index (χ0) is 12.8. The molecular formula is C13H19N5O. The van der Waals surface area contributed by atoms with E-state index >= 15 is 0 Å². The molecule has 0 spiro atoms. The number of aromatic nitrogens is 3. The molecule has 1 aromatic heterocycles. The van der Waals surface area contributed by atoms with Gasteiger partial charge in [0.15, 0.2) is 0 Å². The molecule has 19 heavy (non-hydrogen) atoms. The van der Waals surface area contributed by atoms with E-state index in [-0.39, 0.29) is 11.9 Å². The average Bonchev–Trinajstić information content (AvgIpc) is 3.17. The highest BCUT2D eigenvalue weighted by molar-refractivity contribution is 5.90. The predicted molar refractivity (Wildman–Crippen MR) is 68.8 cm³/mol. The molecule has 4 fully saturated rings. The Morgan fingerprint density at radius 2 is 2.05 bits per heavy atom. The van der Waals surface area contributed by atoms with Gasteiger partial charge in [-0.2, -0.15) is 0 Å². The minimum Gasteiger partial charge on any atom is -0.345 e. The highest BCUT2D eigenvalue weighted by Gasteiger charge is 2.35. The molecule has 1 amide bonds. The lowest BCUT2D eigenvalue weighted by molar-refractivity contribution is 0.0615. The first kappa shape index (κ1) is 11.4. The molecule has 6 nitrogen and oxygen atoms in total. The third-order valence-corrected chi connectivity index (χ3v) is 4.64. The lowest BCUT2D eigenvalue weighted by atomic mass is 9.84. The molecule has 1 aromatic rings. The van der Waals surface area contributed by atoms with Gasteiger partial charge in [-0.05, 0) is 44.7 Å². The van der Waals surface area contributed by atoms with Crippen molar-refractivity contribution in [1.29, 1.82) is 0 Å². The van der Waals surface area contributed by atoms with E-state index in [2.05, 4.69) is 25.4 Å². The second-order valence-electron chi connectivity index (χ2n) is 6.04. The number of hydrogen-bond donors (Lipinski definition) is 2. The van der Waals surface area contributed by atoms with Crippen LogP contribution in [0.25, 0.3) is 0 Å². The number of H-pyrrole nitrogens is 1. The van der Waals surface area contributed by atoms with Gasteiger partial charge in [-0.25, -0.2) is 4.98 Å². The number of carbonyl (C=O) groups excluding carboxylic acids is 1. The number of amides is 1. The van der Waals surface area contributed by atoms with Crippen LogP contribution in [-0.2, 0) is 0 Å². The summed E-state index contributed by atoms with van der Waals surface area (Å²) in [6, 6.07) is 0.276.